The second-order valence-corrected chi connectivity index (χ2v) is 6.01. The zero-order valence-electron chi connectivity index (χ0n) is 13.3. The Kier molecular flexibility index (Phi) is 6.12. The van der Waals surface area contributed by atoms with Crippen LogP contribution in [0.25, 0.3) is 0 Å². The first-order chi connectivity index (χ1) is 9.76. The molecule has 1 aromatic heterocycles. The third-order valence-electron chi connectivity index (χ3n) is 3.05. The van der Waals surface area contributed by atoms with E-state index in [4.69, 9.17) is 9.15 Å². The van der Waals surface area contributed by atoms with Gasteiger partial charge < -0.3 is 29.3 Å². The van der Waals surface area contributed by atoms with Gasteiger partial charge in [0, 0.05) is 24.7 Å². The molecule has 0 spiro atoms. The Hall–Kier alpha value is -1.42. The second kappa shape index (κ2) is 7.23. The van der Waals surface area contributed by atoms with E-state index >= 15 is 0 Å². The minimum absolute atomic E-state index is 0. The summed E-state index contributed by atoms with van der Waals surface area (Å²) in [5, 5.41) is 13.9. The third-order valence-corrected chi connectivity index (χ3v) is 3.05. The molecule has 1 saturated heterocycles. The first-order valence-corrected chi connectivity index (χ1v) is 6.75. The summed E-state index contributed by atoms with van der Waals surface area (Å²) in [6, 6.07) is 1.46. The number of hydrogen-bond donors (Lipinski definition) is 1. The zero-order chi connectivity index (χ0) is 15.6. The fraction of sp³-hybridized carbons (Fsp3) is 0.571. The van der Waals surface area contributed by atoms with E-state index in [0.717, 1.165) is 0 Å². The molecule has 0 aromatic carbocycles. The van der Waals surface area contributed by atoms with E-state index in [9.17, 15) is 14.7 Å². The van der Waals surface area contributed by atoms with Crippen molar-refractivity contribution >= 4 is 12.1 Å². The molecule has 0 radical (unpaired) electrons. The molecule has 1 N–H and O–H groups in total. The van der Waals surface area contributed by atoms with Gasteiger partial charge in [0.15, 0.2) is 0 Å². The maximum absolute atomic E-state index is 11.7. The normalized spacial score (nSPS) is 15.0. The van der Waals surface area contributed by atoms with Gasteiger partial charge in [-0.1, -0.05) is 0 Å². The number of rotatable bonds is 4. The molecule has 7 nitrogen and oxygen atoms in total. The van der Waals surface area contributed by atoms with Gasteiger partial charge in [0.1, 0.15) is 11.4 Å². The minimum Gasteiger partial charge on any atom is -0.545 e. The van der Waals surface area contributed by atoms with E-state index in [1.165, 1.54) is 12.3 Å². The largest absolute Gasteiger partial charge is 1.00 e. The van der Waals surface area contributed by atoms with Gasteiger partial charge in [0.2, 0.25) is 0 Å². The maximum Gasteiger partial charge on any atom is 1.00 e. The number of nitrogens with zero attached hydrogens (tertiary/aromatic N) is 1. The smallest absolute Gasteiger partial charge is 0.545 e. The average molecular weight is 302 g/mol. The molecule has 1 aliphatic rings. The molecule has 0 aliphatic carbocycles. The molecule has 1 amide bonds. The predicted molar refractivity (Wildman–Crippen MR) is 71.5 cm³/mol. The van der Waals surface area contributed by atoms with Crippen LogP contribution in [0.4, 0.5) is 4.79 Å². The fourth-order valence-electron chi connectivity index (χ4n) is 1.98. The first-order valence-electron chi connectivity index (χ1n) is 6.75. The quantitative estimate of drug-likeness (QED) is 0.611. The van der Waals surface area contributed by atoms with Gasteiger partial charge in [-0.2, -0.15) is 0 Å². The summed E-state index contributed by atoms with van der Waals surface area (Å²) < 4.78 is 10.3. The van der Waals surface area contributed by atoms with E-state index in [2.05, 4.69) is 5.32 Å². The van der Waals surface area contributed by atoms with Crippen molar-refractivity contribution in [2.75, 3.05) is 13.1 Å². The molecule has 116 valence electrons. The van der Waals surface area contributed by atoms with Crippen LogP contribution < -0.4 is 29.3 Å². The Morgan fingerprint density at radius 2 is 2.09 bits per heavy atom. The molecule has 0 atom stereocenters. The van der Waals surface area contributed by atoms with Crippen molar-refractivity contribution in [3.63, 3.8) is 0 Å². The molecule has 1 fully saturated rings. The topological polar surface area (TPSA) is 94.8 Å². The van der Waals surface area contributed by atoms with Crippen LogP contribution in [0.3, 0.4) is 0 Å². The van der Waals surface area contributed by atoms with Crippen LogP contribution in [-0.2, 0) is 11.3 Å². The van der Waals surface area contributed by atoms with Crippen LogP contribution in [0.2, 0.25) is 0 Å². The summed E-state index contributed by atoms with van der Waals surface area (Å²) >= 11 is 0. The second-order valence-electron chi connectivity index (χ2n) is 6.01. The number of nitrogens with one attached hydrogen (secondary N) is 1. The van der Waals surface area contributed by atoms with Gasteiger partial charge in [-0.15, -0.1) is 0 Å². The van der Waals surface area contributed by atoms with Crippen molar-refractivity contribution in [1.82, 2.24) is 10.2 Å². The molecular weight excluding hydrogens is 283 g/mol. The summed E-state index contributed by atoms with van der Waals surface area (Å²) in [5.41, 5.74) is -0.460. The Morgan fingerprint density at radius 1 is 1.45 bits per heavy atom. The molecular formula is C14H19LiN2O5. The van der Waals surface area contributed by atoms with Gasteiger partial charge in [0.05, 0.1) is 18.8 Å². The first kappa shape index (κ1) is 18.6. The number of carbonyl (C=O) groups is 2. The van der Waals surface area contributed by atoms with Crippen molar-refractivity contribution in [2.24, 2.45) is 0 Å². The fourth-order valence-corrected chi connectivity index (χ4v) is 1.98. The summed E-state index contributed by atoms with van der Waals surface area (Å²) in [4.78, 5) is 24.1. The molecule has 8 heteroatoms. The standard InChI is InChI=1S/C14H20N2O5.Li/c1-14(2,3)21-13(19)16-7-9(8-16)15-6-11-10(12(17)18)4-5-20-11;/h4-5,9,15H,6-8H2,1-3H3,(H,17,18);/q;+1/p-1. The van der Waals surface area contributed by atoms with Gasteiger partial charge in [-0.3, -0.25) is 0 Å². The summed E-state index contributed by atoms with van der Waals surface area (Å²) in [6.07, 6.45) is 0.976. The van der Waals surface area contributed by atoms with E-state index in [1.54, 1.807) is 4.90 Å². The number of carbonyl (C=O) groups excluding carboxylic acids is 2. The van der Waals surface area contributed by atoms with Gasteiger partial charge in [-0.05, 0) is 26.8 Å². The number of likely N-dealkylation sites (tertiary alicyclic amines) is 1. The molecule has 0 saturated carbocycles. The van der Waals surface area contributed by atoms with Crippen LogP contribution in [0, 0.1) is 0 Å². The molecule has 22 heavy (non-hydrogen) atoms. The number of hydrogen-bond acceptors (Lipinski definition) is 6. The van der Waals surface area contributed by atoms with Crippen molar-refractivity contribution in [3.8, 4) is 0 Å². The van der Waals surface area contributed by atoms with Crippen LogP contribution in [0.15, 0.2) is 16.7 Å². The number of ether oxygens (including phenoxy) is 1. The van der Waals surface area contributed by atoms with Gasteiger partial charge >= 0.3 is 25.0 Å². The Labute approximate surface area is 141 Å². The minimum atomic E-state index is -1.26. The van der Waals surface area contributed by atoms with Crippen molar-refractivity contribution in [2.45, 2.75) is 39.0 Å². The van der Waals surface area contributed by atoms with E-state index in [1.807, 2.05) is 20.8 Å². The molecule has 0 unspecified atom stereocenters. The summed E-state index contributed by atoms with van der Waals surface area (Å²) in [7, 11) is 0. The number of carboxylic acids is 1. The predicted octanol–water partition coefficient (Wildman–Crippen LogP) is -2.64. The van der Waals surface area contributed by atoms with Gasteiger partial charge in [0.25, 0.3) is 0 Å². The van der Waals surface area contributed by atoms with E-state index in [0.29, 0.717) is 18.8 Å². The Morgan fingerprint density at radius 3 is 2.64 bits per heavy atom. The van der Waals surface area contributed by atoms with Crippen LogP contribution in [0.1, 0.15) is 36.9 Å². The van der Waals surface area contributed by atoms with Crippen LogP contribution in [-0.4, -0.2) is 41.7 Å². The average Bonchev–Trinajstić information content (AvgIpc) is 2.72. The van der Waals surface area contributed by atoms with Crippen molar-refractivity contribution in [3.05, 3.63) is 23.7 Å². The van der Waals surface area contributed by atoms with Crippen molar-refractivity contribution in [1.29, 1.82) is 0 Å². The zero-order valence-corrected chi connectivity index (χ0v) is 13.3. The number of furan rings is 1. The van der Waals surface area contributed by atoms with E-state index < -0.39 is 11.6 Å². The summed E-state index contributed by atoms with van der Waals surface area (Å²) in [6.45, 7) is 6.78. The molecule has 0 bridgehead atoms. The Bertz CT molecular complexity index is 532. The number of carboxylic acid groups (broad SMARTS) is 1. The molecule has 1 aliphatic heterocycles. The third kappa shape index (κ3) is 4.80. The van der Waals surface area contributed by atoms with Crippen LogP contribution in [0.5, 0.6) is 0 Å². The number of amides is 1. The SMILES string of the molecule is CC(C)(C)OC(=O)N1CC(NCc2occc2C(=O)[O-])C1.[Li+]. The monoisotopic (exact) mass is 302 g/mol. The van der Waals surface area contributed by atoms with Crippen LogP contribution >= 0.6 is 0 Å². The maximum atomic E-state index is 11.7. The molecule has 1 aromatic rings. The van der Waals surface area contributed by atoms with Gasteiger partial charge in [-0.25, -0.2) is 4.79 Å². The van der Waals surface area contributed by atoms with E-state index in [-0.39, 0.29) is 43.1 Å². The molecule has 2 rings (SSSR count). The number of aromatic carboxylic acids is 1. The Balaban J connectivity index is 0.00000242. The van der Waals surface area contributed by atoms with Crippen molar-refractivity contribution < 1.29 is 42.7 Å². The molecule has 2 heterocycles. The summed E-state index contributed by atoms with van der Waals surface area (Å²) in [5.74, 6) is -0.935.